The Kier molecular flexibility index (Phi) is 11.6. The zero-order valence-electron chi connectivity index (χ0n) is 15.4. The van der Waals surface area contributed by atoms with Gasteiger partial charge >= 0.3 is 0 Å². The van der Waals surface area contributed by atoms with Crippen LogP contribution in [0.4, 0.5) is 0 Å². The molecule has 0 aromatic rings. The van der Waals surface area contributed by atoms with Crippen molar-refractivity contribution < 1.29 is 0 Å². The number of hydrogen-bond acceptors (Lipinski definition) is 0. The Morgan fingerprint density at radius 2 is 1.35 bits per heavy atom. The molecule has 0 aliphatic rings. The molecule has 0 aromatic heterocycles. The van der Waals surface area contributed by atoms with Crippen LogP contribution in [0.2, 0.25) is 0 Å². The van der Waals surface area contributed by atoms with Crippen LogP contribution < -0.4 is 0 Å². The van der Waals surface area contributed by atoms with Crippen molar-refractivity contribution in [3.63, 3.8) is 0 Å². The fourth-order valence-electron chi connectivity index (χ4n) is 4.00. The van der Waals surface area contributed by atoms with Crippen LogP contribution >= 0.6 is 0 Å². The van der Waals surface area contributed by atoms with Gasteiger partial charge in [0, 0.05) is 0 Å². The van der Waals surface area contributed by atoms with E-state index in [1.54, 1.807) is 0 Å². The topological polar surface area (TPSA) is 0 Å². The van der Waals surface area contributed by atoms with Crippen molar-refractivity contribution in [2.24, 2.45) is 17.3 Å². The predicted octanol–water partition coefficient (Wildman–Crippen LogP) is 7.62. The van der Waals surface area contributed by atoms with E-state index >= 15 is 0 Å². The highest BCUT2D eigenvalue weighted by molar-refractivity contribution is 4.82. The maximum atomic E-state index is 2.59. The molecule has 0 aromatic carbocycles. The summed E-state index contributed by atoms with van der Waals surface area (Å²) < 4.78 is 0. The van der Waals surface area contributed by atoms with Crippen LogP contribution in [0.3, 0.4) is 0 Å². The molecule has 0 saturated heterocycles. The van der Waals surface area contributed by atoms with Crippen molar-refractivity contribution in [3.05, 3.63) is 0 Å². The number of unbranched alkanes of at least 4 members (excludes halogenated alkanes) is 1. The summed E-state index contributed by atoms with van der Waals surface area (Å²) in [6, 6.07) is 0. The van der Waals surface area contributed by atoms with Gasteiger partial charge in [-0.3, -0.25) is 0 Å². The second kappa shape index (κ2) is 11.6. The van der Waals surface area contributed by atoms with Gasteiger partial charge in [-0.05, 0) is 36.5 Å². The molecule has 3 unspecified atom stereocenters. The van der Waals surface area contributed by atoms with Crippen molar-refractivity contribution in [3.8, 4) is 0 Å². The highest BCUT2D eigenvalue weighted by atomic mass is 14.4. The van der Waals surface area contributed by atoms with E-state index in [1.165, 1.54) is 70.6 Å². The molecule has 0 N–H and O–H groups in total. The Morgan fingerprint density at radius 3 is 1.85 bits per heavy atom. The van der Waals surface area contributed by atoms with Crippen LogP contribution in [0.1, 0.15) is 112 Å². The van der Waals surface area contributed by atoms with Gasteiger partial charge in [0.1, 0.15) is 0 Å². The van der Waals surface area contributed by atoms with Gasteiger partial charge in [-0.1, -0.05) is 92.9 Å². The first-order chi connectivity index (χ1) is 9.53. The first kappa shape index (κ1) is 20.0. The summed E-state index contributed by atoms with van der Waals surface area (Å²) >= 11 is 0. The summed E-state index contributed by atoms with van der Waals surface area (Å²) in [5.41, 5.74) is 0.604. The first-order valence-corrected chi connectivity index (χ1v) is 9.53. The van der Waals surface area contributed by atoms with Gasteiger partial charge in [0.15, 0.2) is 0 Å². The highest BCUT2D eigenvalue weighted by Gasteiger charge is 2.31. The monoisotopic (exact) mass is 282 g/mol. The van der Waals surface area contributed by atoms with Crippen LogP contribution in [-0.2, 0) is 0 Å². The summed E-state index contributed by atoms with van der Waals surface area (Å²) in [6.07, 6.45) is 15.5. The van der Waals surface area contributed by atoms with Gasteiger partial charge in [0.2, 0.25) is 0 Å². The summed E-state index contributed by atoms with van der Waals surface area (Å²) in [7, 11) is 0. The van der Waals surface area contributed by atoms with Gasteiger partial charge in [0.05, 0.1) is 0 Å². The lowest BCUT2D eigenvalue weighted by atomic mass is 9.67. The third kappa shape index (κ3) is 7.70. The molecule has 0 bridgehead atoms. The molecule has 0 fully saturated rings. The lowest BCUT2D eigenvalue weighted by Gasteiger charge is -2.39. The molecule has 0 radical (unpaired) electrons. The van der Waals surface area contributed by atoms with Crippen LogP contribution in [-0.4, -0.2) is 0 Å². The van der Waals surface area contributed by atoms with Crippen LogP contribution in [0.25, 0.3) is 0 Å². The van der Waals surface area contributed by atoms with E-state index in [0.29, 0.717) is 5.41 Å². The van der Waals surface area contributed by atoms with Gasteiger partial charge in [-0.25, -0.2) is 0 Å². The molecule has 0 amide bonds. The summed E-state index contributed by atoms with van der Waals surface area (Å²) in [4.78, 5) is 0. The van der Waals surface area contributed by atoms with Gasteiger partial charge in [0.25, 0.3) is 0 Å². The summed E-state index contributed by atoms with van der Waals surface area (Å²) in [5.74, 6) is 1.88. The third-order valence-corrected chi connectivity index (χ3v) is 5.33. The van der Waals surface area contributed by atoms with Crippen molar-refractivity contribution >= 4 is 0 Å². The molecule has 20 heavy (non-hydrogen) atoms. The third-order valence-electron chi connectivity index (χ3n) is 5.33. The smallest absolute Gasteiger partial charge is 0.0298 e. The molecule has 0 aliphatic carbocycles. The molecule has 0 aliphatic heterocycles. The maximum absolute atomic E-state index is 2.59. The van der Waals surface area contributed by atoms with Crippen molar-refractivity contribution in [2.75, 3.05) is 0 Å². The van der Waals surface area contributed by atoms with Crippen LogP contribution in [0, 0.1) is 17.3 Å². The quantitative estimate of drug-likeness (QED) is 0.326. The molecule has 0 nitrogen and oxygen atoms in total. The number of rotatable bonds is 13. The van der Waals surface area contributed by atoms with E-state index < -0.39 is 0 Å². The molecule has 0 spiro atoms. The van der Waals surface area contributed by atoms with Gasteiger partial charge in [-0.15, -0.1) is 0 Å². The van der Waals surface area contributed by atoms with Crippen LogP contribution in [0.5, 0.6) is 0 Å². The van der Waals surface area contributed by atoms with Crippen molar-refractivity contribution in [1.29, 1.82) is 0 Å². The SMILES string of the molecule is CCCCC(C)(CCC)C(CCC)CCC(C)CCC. The molecular weight excluding hydrogens is 240 g/mol. The van der Waals surface area contributed by atoms with Crippen LogP contribution in [0.15, 0.2) is 0 Å². The molecular formula is C20H42. The molecule has 0 heteroatoms. The van der Waals surface area contributed by atoms with E-state index in [1.807, 2.05) is 0 Å². The Balaban J connectivity index is 4.61. The molecule has 0 rings (SSSR count). The number of hydrogen-bond donors (Lipinski definition) is 0. The Bertz CT molecular complexity index is 208. The second-order valence-electron chi connectivity index (χ2n) is 7.46. The largest absolute Gasteiger partial charge is 0.0654 e. The minimum absolute atomic E-state index is 0.604. The Labute approximate surface area is 130 Å². The normalized spacial score (nSPS) is 17.7. The van der Waals surface area contributed by atoms with Gasteiger partial charge < -0.3 is 0 Å². The van der Waals surface area contributed by atoms with Gasteiger partial charge in [-0.2, -0.15) is 0 Å². The fourth-order valence-corrected chi connectivity index (χ4v) is 4.00. The zero-order chi connectivity index (χ0) is 15.4. The van der Waals surface area contributed by atoms with E-state index in [9.17, 15) is 0 Å². The predicted molar refractivity (Wildman–Crippen MR) is 94.2 cm³/mol. The lowest BCUT2D eigenvalue weighted by molar-refractivity contribution is 0.120. The van der Waals surface area contributed by atoms with E-state index in [2.05, 4.69) is 41.5 Å². The standard InChI is InChI=1S/C20H42/c1-7-11-17-20(6,16-10-4)19(13-9-3)15-14-18(5)12-8-2/h18-19H,7-17H2,1-6H3. The average Bonchev–Trinajstić information content (AvgIpc) is 2.41. The molecule has 0 heterocycles. The minimum Gasteiger partial charge on any atom is -0.0654 e. The van der Waals surface area contributed by atoms with Crippen molar-refractivity contribution in [2.45, 2.75) is 112 Å². The summed E-state index contributed by atoms with van der Waals surface area (Å²) in [5, 5.41) is 0. The first-order valence-electron chi connectivity index (χ1n) is 9.53. The molecule has 3 atom stereocenters. The Hall–Kier alpha value is 0. The molecule has 122 valence electrons. The zero-order valence-corrected chi connectivity index (χ0v) is 15.4. The van der Waals surface area contributed by atoms with E-state index in [0.717, 1.165) is 11.8 Å². The Morgan fingerprint density at radius 1 is 0.700 bits per heavy atom. The summed E-state index contributed by atoms with van der Waals surface area (Å²) in [6.45, 7) is 14.4. The van der Waals surface area contributed by atoms with E-state index in [-0.39, 0.29) is 0 Å². The molecule has 0 saturated carbocycles. The van der Waals surface area contributed by atoms with Crippen molar-refractivity contribution in [1.82, 2.24) is 0 Å². The minimum atomic E-state index is 0.604. The lowest BCUT2D eigenvalue weighted by Crippen LogP contribution is -2.28. The average molecular weight is 283 g/mol. The van der Waals surface area contributed by atoms with E-state index in [4.69, 9.17) is 0 Å². The second-order valence-corrected chi connectivity index (χ2v) is 7.46. The fraction of sp³-hybridized carbons (Fsp3) is 1.00. The maximum Gasteiger partial charge on any atom is -0.0298 e. The highest BCUT2D eigenvalue weighted by Crippen LogP contribution is 2.43.